The Morgan fingerprint density at radius 1 is 1.90 bits per heavy atom. The molecule has 0 aromatic carbocycles. The van der Waals surface area contributed by atoms with Crippen LogP contribution in [-0.2, 0) is 15.7 Å². The van der Waals surface area contributed by atoms with Crippen LogP contribution in [0.5, 0.6) is 0 Å². The van der Waals surface area contributed by atoms with E-state index in [2.05, 4.69) is 0 Å². The third-order valence-corrected chi connectivity index (χ3v) is 1.59. The molecule has 0 aromatic rings. The third-order valence-electron chi connectivity index (χ3n) is 0.950. The van der Waals surface area contributed by atoms with Crippen LogP contribution < -0.4 is 5.73 Å². The quantitative estimate of drug-likeness (QED) is 0.568. The van der Waals surface area contributed by atoms with Crippen LogP contribution in [0.15, 0.2) is 0 Å². The van der Waals surface area contributed by atoms with Crippen LogP contribution >= 0.6 is 0 Å². The maximum absolute atomic E-state index is 10.4. The Morgan fingerprint density at radius 3 is 2.90 bits per heavy atom. The molecule has 60 valence electrons. The molecule has 0 saturated heterocycles. The molecule has 0 aliphatic rings. The second kappa shape index (κ2) is 4.57. The first-order chi connectivity index (χ1) is 6.96. The summed E-state index contributed by atoms with van der Waals surface area (Å²) in [7, 11) is -1.84. The van der Waals surface area contributed by atoms with Crippen LogP contribution in [0, 0.1) is 0 Å². The molecular weight excluding hydrogens is 150 g/mol. The maximum Gasteiger partial charge on any atom is 0.320 e. The summed E-state index contributed by atoms with van der Waals surface area (Å²) in [5, 5.41) is 8.50. The van der Waals surface area contributed by atoms with Gasteiger partial charge < -0.3 is 10.8 Å². The summed E-state index contributed by atoms with van der Waals surface area (Å²) < 4.78 is 42.6. The van der Waals surface area contributed by atoms with Gasteiger partial charge in [-0.1, -0.05) is 0 Å². The van der Waals surface area contributed by atoms with Crippen LogP contribution in [0.2, 0.25) is 0 Å². The molecule has 3 nitrogen and oxygen atoms in total. The largest absolute Gasteiger partial charge is 0.480 e. The van der Waals surface area contributed by atoms with E-state index in [0.29, 0.717) is 0 Å². The van der Waals surface area contributed by atoms with Gasteiger partial charge in [0.05, 0.1) is 20.6 Å². The van der Waals surface area contributed by atoms with E-state index in [1.807, 2.05) is 0 Å². The van der Waals surface area contributed by atoms with Crippen molar-refractivity contribution in [3.05, 3.63) is 0 Å². The topological polar surface area (TPSA) is 63.3 Å². The molecule has 0 spiro atoms. The highest BCUT2D eigenvalue weighted by atomic mass is 32.2. The van der Waals surface area contributed by atoms with Gasteiger partial charge in [0, 0.05) is 6.42 Å². The van der Waals surface area contributed by atoms with Crippen molar-refractivity contribution in [3.8, 4) is 0 Å². The Hall–Kier alpha value is -0.220. The molecule has 0 aliphatic heterocycles. The van der Waals surface area contributed by atoms with Gasteiger partial charge in [0.2, 0.25) is 0 Å². The lowest BCUT2D eigenvalue weighted by Crippen LogP contribution is -2.31. The molecule has 3 N–H and O–H groups in total. The van der Waals surface area contributed by atoms with Crippen molar-refractivity contribution >= 4 is 16.9 Å². The lowest BCUT2D eigenvalue weighted by atomic mass is 10.2. The third kappa shape index (κ3) is 4.64. The molecule has 0 bridgehead atoms. The first-order valence-corrected chi connectivity index (χ1v) is 4.05. The van der Waals surface area contributed by atoms with Gasteiger partial charge in [-0.2, -0.15) is 0 Å². The number of carboxylic acids is 1. The van der Waals surface area contributed by atoms with Crippen LogP contribution in [0.4, 0.5) is 0 Å². The van der Waals surface area contributed by atoms with Crippen molar-refractivity contribution in [1.82, 2.24) is 0 Å². The average Bonchev–Trinajstić information content (AvgIpc) is 1.98. The van der Waals surface area contributed by atoms with Gasteiger partial charge in [-0.05, 0) is 10.9 Å². The van der Waals surface area contributed by atoms with Crippen LogP contribution in [0.1, 0.15) is 14.6 Å². The first-order valence-electron chi connectivity index (χ1n) is 5.65. The number of aliphatic carboxylic acids is 1. The van der Waals surface area contributed by atoms with Gasteiger partial charge in [-0.15, -0.1) is 0 Å². The minimum atomic E-state index is -2.61. The van der Waals surface area contributed by atoms with E-state index in [4.69, 9.17) is 19.1 Å². The Balaban J connectivity index is 4.54. The van der Waals surface area contributed by atoms with E-state index >= 15 is 0 Å². The summed E-state index contributed by atoms with van der Waals surface area (Å²) in [6, 6.07) is -1.22. The molecule has 0 aromatic heterocycles. The maximum atomic E-state index is 10.4. The molecule has 1 atom stereocenters. The van der Waals surface area contributed by atoms with E-state index < -0.39 is 35.3 Å². The summed E-state index contributed by atoms with van der Waals surface area (Å²) in [5.74, 6) is -1.50. The lowest BCUT2D eigenvalue weighted by molar-refractivity contribution is -0.138. The van der Waals surface area contributed by atoms with E-state index in [1.165, 1.54) is 0 Å². The summed E-state index contributed by atoms with van der Waals surface area (Å²) >= 11 is 0. The van der Waals surface area contributed by atoms with Crippen LogP contribution in [0.3, 0.4) is 0 Å². The number of carboxylic acid groups (broad SMARTS) is 1. The molecule has 0 amide bonds. The number of hydrogen-bond acceptors (Lipinski definition) is 2. The Morgan fingerprint density at radius 2 is 2.50 bits per heavy atom. The van der Waals surface area contributed by atoms with Crippen molar-refractivity contribution in [1.29, 1.82) is 0 Å². The van der Waals surface area contributed by atoms with Gasteiger partial charge in [-0.25, -0.2) is 0 Å². The standard InChI is InChI=1S/C6H13NO2S/c1-10(2)4-3-5(7)6(8)9/h5H,3-4,7H2,1-2H3/p+1/t5-/m0/s1/i1D3,2D3. The van der Waals surface area contributed by atoms with Gasteiger partial charge in [0.1, 0.15) is 11.8 Å². The predicted octanol–water partition coefficient (Wildman–Crippen LogP) is -0.334. The smallest absolute Gasteiger partial charge is 0.320 e. The molecule has 4 heteroatoms. The second-order valence-corrected chi connectivity index (χ2v) is 3.02. The SMILES string of the molecule is [2H]C([2H])([2H])[S+](CC[C@H](N)C(=O)O)C([2H])([2H])[2H]. The fourth-order valence-corrected chi connectivity index (χ4v) is 0.858. The fourth-order valence-electron chi connectivity index (χ4n) is 0.368. The Bertz CT molecular complexity index is 238. The highest BCUT2D eigenvalue weighted by Crippen LogP contribution is 1.93. The Labute approximate surface area is 72.4 Å². The summed E-state index contributed by atoms with van der Waals surface area (Å²) in [6.45, 7) is 0. The van der Waals surface area contributed by atoms with E-state index in [9.17, 15) is 4.79 Å². The number of hydrogen-bond donors (Lipinski definition) is 2. The van der Waals surface area contributed by atoms with Crippen LogP contribution in [-0.4, -0.2) is 35.2 Å². The highest BCUT2D eigenvalue weighted by Gasteiger charge is 2.14. The molecule has 0 saturated carbocycles. The number of carbonyl (C=O) groups is 1. The Kier molecular flexibility index (Phi) is 1.58. The normalized spacial score (nSPS) is 25.0. The number of nitrogens with two attached hydrogens (primary N) is 1. The zero-order valence-electron chi connectivity index (χ0n) is 11.3. The zero-order chi connectivity index (χ0) is 13.1. The van der Waals surface area contributed by atoms with Crippen molar-refractivity contribution in [2.24, 2.45) is 5.73 Å². The fraction of sp³-hybridized carbons (Fsp3) is 0.833. The van der Waals surface area contributed by atoms with E-state index in [0.717, 1.165) is 0 Å². The molecule has 0 heterocycles. The van der Waals surface area contributed by atoms with Gasteiger partial charge in [0.15, 0.2) is 0 Å². The molecule has 0 fully saturated rings. The minimum Gasteiger partial charge on any atom is -0.480 e. The minimum absolute atomic E-state index is 0.158. The summed E-state index contributed by atoms with van der Waals surface area (Å²) in [5.41, 5.74) is 5.19. The number of rotatable bonds is 4. The molecule has 0 rings (SSSR count). The highest BCUT2D eigenvalue weighted by molar-refractivity contribution is 7.95. The molecular formula is C6H14NO2S+. The molecule has 0 radical (unpaired) electrons. The summed E-state index contributed by atoms with van der Waals surface area (Å²) in [4.78, 5) is 10.4. The van der Waals surface area contributed by atoms with Crippen molar-refractivity contribution in [2.45, 2.75) is 12.5 Å². The zero-order valence-corrected chi connectivity index (χ0v) is 6.15. The van der Waals surface area contributed by atoms with E-state index in [-0.39, 0.29) is 12.2 Å². The van der Waals surface area contributed by atoms with E-state index in [1.54, 1.807) is 0 Å². The van der Waals surface area contributed by atoms with Crippen molar-refractivity contribution in [3.63, 3.8) is 0 Å². The van der Waals surface area contributed by atoms with Crippen molar-refractivity contribution < 1.29 is 18.1 Å². The van der Waals surface area contributed by atoms with Crippen molar-refractivity contribution in [2.75, 3.05) is 18.1 Å². The van der Waals surface area contributed by atoms with Gasteiger partial charge in [0.25, 0.3) is 0 Å². The van der Waals surface area contributed by atoms with Gasteiger partial charge >= 0.3 is 5.97 Å². The average molecular weight is 170 g/mol. The lowest BCUT2D eigenvalue weighted by Gasteiger charge is -2.02. The monoisotopic (exact) mass is 170 g/mol. The molecule has 0 unspecified atom stereocenters. The first kappa shape index (κ1) is 3.45. The molecule has 10 heavy (non-hydrogen) atoms. The molecule has 0 aliphatic carbocycles. The second-order valence-electron chi connectivity index (χ2n) is 1.83. The summed E-state index contributed by atoms with van der Waals surface area (Å²) in [6.07, 6.45) is -5.37. The predicted molar refractivity (Wildman–Crippen MR) is 44.3 cm³/mol. The van der Waals surface area contributed by atoms with Crippen LogP contribution in [0.25, 0.3) is 0 Å². The van der Waals surface area contributed by atoms with Gasteiger partial charge in [-0.3, -0.25) is 4.79 Å².